The van der Waals surface area contributed by atoms with E-state index in [-0.39, 0.29) is 49.0 Å². The molecule has 5 atom stereocenters. The number of hydrogen-bond acceptors (Lipinski definition) is 5. The summed E-state index contributed by atoms with van der Waals surface area (Å²) in [4.78, 5) is 54.9. The van der Waals surface area contributed by atoms with Gasteiger partial charge in [0.05, 0.1) is 18.4 Å². The lowest BCUT2D eigenvalue weighted by molar-refractivity contribution is -0.137. The maximum absolute atomic E-state index is 12.5. The van der Waals surface area contributed by atoms with Crippen LogP contribution in [-0.4, -0.2) is 61.0 Å². The summed E-state index contributed by atoms with van der Waals surface area (Å²) in [6.45, 7) is 13.6. The van der Waals surface area contributed by atoms with E-state index in [0.717, 1.165) is 50.3 Å². The number of carboxylic acids is 2. The average Bonchev–Trinajstić information content (AvgIpc) is 3.53. The molecule has 6 N–H and O–H groups in total. The Morgan fingerprint density at radius 1 is 1.05 bits per heavy atom. The van der Waals surface area contributed by atoms with Gasteiger partial charge in [-0.2, -0.15) is 11.8 Å². The second kappa shape index (κ2) is 12.4. The van der Waals surface area contributed by atoms with Crippen molar-refractivity contribution < 1.29 is 29.4 Å². The predicted octanol–water partition coefficient (Wildman–Crippen LogP) is 2.30. The molecule has 0 saturated carbocycles. The molecule has 2 aromatic rings. The molecule has 3 aliphatic rings. The largest absolute Gasteiger partial charge is 0.481 e. The first-order valence-corrected chi connectivity index (χ1v) is 15.7. The van der Waals surface area contributed by atoms with E-state index in [4.69, 9.17) is 0 Å². The number of carboxylic acid groups (broad SMARTS) is 2. The van der Waals surface area contributed by atoms with Crippen LogP contribution in [0.3, 0.4) is 0 Å². The first kappa shape index (κ1) is 31.2. The Bertz CT molecular complexity index is 1730. The summed E-state index contributed by atoms with van der Waals surface area (Å²) in [5.74, 6) is -1.49. The zero-order chi connectivity index (χ0) is 31.9. The number of H-pyrrole nitrogens is 2. The van der Waals surface area contributed by atoms with Gasteiger partial charge < -0.3 is 30.8 Å². The van der Waals surface area contributed by atoms with Gasteiger partial charge in [0.1, 0.15) is 0 Å². The molecule has 1 unspecified atom stereocenters. The van der Waals surface area contributed by atoms with Crippen molar-refractivity contribution in [2.45, 2.75) is 57.7 Å². The van der Waals surface area contributed by atoms with Crippen molar-refractivity contribution in [1.29, 1.82) is 0 Å². The number of carbonyl (C=O) groups is 4. The number of rotatable bonds is 11. The number of aliphatic carboxylic acids is 2. The van der Waals surface area contributed by atoms with Crippen LogP contribution in [0.15, 0.2) is 30.5 Å². The van der Waals surface area contributed by atoms with Gasteiger partial charge in [-0.25, -0.2) is 0 Å². The van der Waals surface area contributed by atoms with Crippen molar-refractivity contribution in [3.8, 4) is 0 Å². The first-order valence-electron chi connectivity index (χ1n) is 14.7. The van der Waals surface area contributed by atoms with Crippen LogP contribution in [0.5, 0.6) is 0 Å². The summed E-state index contributed by atoms with van der Waals surface area (Å²) in [7, 11) is 0. The molecule has 5 heterocycles. The lowest BCUT2D eigenvalue weighted by Crippen LogP contribution is -2.28. The standard InChI is InChI=1S/C33H38N4O6S/c1-6-19-15(2)24(36-33(19)43)11-22-16(3)20(7-9-29(38)39)25(34-22)13-26-21(8-10-30(40)41)17(4)23(35-26)12-27-31(28-14-44-28)18(5)32(42)37-27/h6-7,12-13,18-19,24,28,31,34-35H,1-2,8-11,14H2,3-5H3,(H,36,43)(H,37,42)(H,38,39)(H,40,41)/b20-7+,25-13-,27-12-/t18-,19?,24-,28-,31-/m1/s1. The Hall–Kier alpha value is -4.25. The Morgan fingerprint density at radius 3 is 2.39 bits per heavy atom. The maximum atomic E-state index is 12.5. The van der Waals surface area contributed by atoms with E-state index < -0.39 is 17.9 Å². The highest BCUT2D eigenvalue weighted by molar-refractivity contribution is 8.06. The van der Waals surface area contributed by atoms with E-state index in [9.17, 15) is 29.4 Å². The summed E-state index contributed by atoms with van der Waals surface area (Å²) in [6.07, 6.45) is 7.56. The molecule has 3 aliphatic heterocycles. The van der Waals surface area contributed by atoms with E-state index in [1.807, 2.05) is 44.7 Å². The zero-order valence-electron chi connectivity index (χ0n) is 25.1. The SMILES string of the molecule is C=CC1C(=C)[C@@H](Cc2[nH]c(=C\c3[nH]c(/C=C4\NC(=O)[C@H](C)[C@H]4[C@H]4CS4)c(C)c3CCC(=O)O)/c(=C/CC(=O)O)c2C)NC1=O. The van der Waals surface area contributed by atoms with Gasteiger partial charge >= 0.3 is 11.9 Å². The quantitative estimate of drug-likeness (QED) is 0.166. The number of hydrogen-bond donors (Lipinski definition) is 6. The van der Waals surface area contributed by atoms with Crippen LogP contribution in [0.2, 0.25) is 0 Å². The van der Waals surface area contributed by atoms with E-state index in [0.29, 0.717) is 22.7 Å². The molecule has 3 fully saturated rings. The third-order valence-electron chi connectivity index (χ3n) is 8.97. The van der Waals surface area contributed by atoms with Crippen LogP contribution in [0.25, 0.3) is 18.2 Å². The molecule has 2 aromatic heterocycles. The zero-order valence-corrected chi connectivity index (χ0v) is 25.9. The lowest BCUT2D eigenvalue weighted by Gasteiger charge is -2.12. The second-order valence-electron chi connectivity index (χ2n) is 11.8. The minimum absolute atomic E-state index is 0.00407. The van der Waals surface area contributed by atoms with Crippen molar-refractivity contribution in [3.63, 3.8) is 0 Å². The van der Waals surface area contributed by atoms with Gasteiger partial charge in [-0.15, -0.1) is 6.58 Å². The third kappa shape index (κ3) is 6.19. The van der Waals surface area contributed by atoms with E-state index in [2.05, 4.69) is 33.8 Å². The molecule has 0 aromatic carbocycles. The van der Waals surface area contributed by atoms with Crippen LogP contribution >= 0.6 is 11.8 Å². The molecule has 10 nitrogen and oxygen atoms in total. The fraction of sp³-hybridized carbons (Fsp3) is 0.394. The molecule has 44 heavy (non-hydrogen) atoms. The third-order valence-corrected chi connectivity index (χ3v) is 9.98. The maximum Gasteiger partial charge on any atom is 0.307 e. The summed E-state index contributed by atoms with van der Waals surface area (Å²) in [5, 5.41) is 26.7. The van der Waals surface area contributed by atoms with Crippen LogP contribution in [0.4, 0.5) is 0 Å². The number of aromatic nitrogens is 2. The topological polar surface area (TPSA) is 164 Å². The Morgan fingerprint density at radius 2 is 1.77 bits per heavy atom. The predicted molar refractivity (Wildman–Crippen MR) is 170 cm³/mol. The summed E-state index contributed by atoms with van der Waals surface area (Å²) >= 11 is 1.84. The van der Waals surface area contributed by atoms with Gasteiger partial charge in [0, 0.05) is 63.8 Å². The molecular weight excluding hydrogens is 580 g/mol. The van der Waals surface area contributed by atoms with Crippen LogP contribution in [0, 0.1) is 31.6 Å². The van der Waals surface area contributed by atoms with Gasteiger partial charge in [0.2, 0.25) is 11.8 Å². The smallest absolute Gasteiger partial charge is 0.307 e. The molecule has 11 heteroatoms. The number of aromatic amines is 2. The summed E-state index contributed by atoms with van der Waals surface area (Å²) < 4.78 is 0. The molecule has 0 spiro atoms. The van der Waals surface area contributed by atoms with Crippen molar-refractivity contribution >= 4 is 53.7 Å². The molecule has 0 bridgehead atoms. The average molecular weight is 619 g/mol. The first-order chi connectivity index (χ1) is 20.9. The van der Waals surface area contributed by atoms with Crippen molar-refractivity contribution in [3.05, 3.63) is 74.8 Å². The Labute approximate surface area is 259 Å². The number of nitrogens with one attached hydrogen (secondary N) is 4. The van der Waals surface area contributed by atoms with Crippen molar-refractivity contribution in [2.75, 3.05) is 5.75 Å². The van der Waals surface area contributed by atoms with E-state index in [1.165, 1.54) is 0 Å². The summed E-state index contributed by atoms with van der Waals surface area (Å²) in [5.41, 5.74) is 6.48. The fourth-order valence-electron chi connectivity index (χ4n) is 6.33. The minimum Gasteiger partial charge on any atom is -0.481 e. The Balaban J connectivity index is 1.60. The highest BCUT2D eigenvalue weighted by Crippen LogP contribution is 2.46. The molecule has 0 aliphatic carbocycles. The number of amides is 2. The Kier molecular flexibility index (Phi) is 8.78. The van der Waals surface area contributed by atoms with Crippen molar-refractivity contribution in [1.82, 2.24) is 20.6 Å². The van der Waals surface area contributed by atoms with Crippen molar-refractivity contribution in [2.24, 2.45) is 17.8 Å². The molecule has 232 valence electrons. The summed E-state index contributed by atoms with van der Waals surface area (Å²) in [6, 6.07) is -0.304. The van der Waals surface area contributed by atoms with Gasteiger partial charge in [-0.05, 0) is 59.9 Å². The number of allylic oxidation sites excluding steroid dienone is 1. The monoisotopic (exact) mass is 618 g/mol. The molecule has 2 amide bonds. The number of carbonyl (C=O) groups excluding carboxylic acids is 2. The van der Waals surface area contributed by atoms with Gasteiger partial charge in [0.25, 0.3) is 0 Å². The fourth-order valence-corrected chi connectivity index (χ4v) is 7.24. The van der Waals surface area contributed by atoms with Crippen LogP contribution < -0.4 is 21.2 Å². The molecular formula is C33H38N4O6S. The number of thioether (sulfide) groups is 1. The minimum atomic E-state index is -0.966. The van der Waals surface area contributed by atoms with Crippen LogP contribution in [-0.2, 0) is 32.0 Å². The van der Waals surface area contributed by atoms with Crippen LogP contribution in [0.1, 0.15) is 53.5 Å². The molecule has 0 radical (unpaired) electrons. The normalized spacial score (nSPS) is 26.4. The van der Waals surface area contributed by atoms with Gasteiger partial charge in [-0.1, -0.05) is 25.7 Å². The van der Waals surface area contributed by atoms with E-state index >= 15 is 0 Å². The van der Waals surface area contributed by atoms with Gasteiger partial charge in [-0.3, -0.25) is 19.2 Å². The highest BCUT2D eigenvalue weighted by atomic mass is 32.2. The van der Waals surface area contributed by atoms with E-state index in [1.54, 1.807) is 12.2 Å². The highest BCUT2D eigenvalue weighted by Gasteiger charge is 2.45. The second-order valence-corrected chi connectivity index (χ2v) is 13.1. The van der Waals surface area contributed by atoms with Gasteiger partial charge in [0.15, 0.2) is 0 Å². The lowest BCUT2D eigenvalue weighted by atomic mass is 9.91. The molecule has 3 saturated heterocycles. The molecule has 5 rings (SSSR count).